The van der Waals surface area contributed by atoms with Gasteiger partial charge in [0.2, 0.25) is 0 Å². The number of halogens is 2. The Morgan fingerprint density at radius 1 is 1.27 bits per heavy atom. The van der Waals surface area contributed by atoms with E-state index in [0.29, 0.717) is 12.1 Å². The second kappa shape index (κ2) is 7.86. The highest BCUT2D eigenvalue weighted by atomic mass is 127. The third-order valence-corrected chi connectivity index (χ3v) is 4.90. The van der Waals surface area contributed by atoms with Crippen LogP contribution in [0.5, 0.6) is 0 Å². The number of guanidine groups is 1. The van der Waals surface area contributed by atoms with E-state index in [-0.39, 0.29) is 24.0 Å². The predicted octanol–water partition coefficient (Wildman–Crippen LogP) is 3.22. The van der Waals surface area contributed by atoms with Crippen LogP contribution in [0.2, 0.25) is 0 Å². The number of nitrogens with zero attached hydrogens (tertiary/aromatic N) is 2. The molecular weight excluding hydrogens is 455 g/mol. The van der Waals surface area contributed by atoms with E-state index in [1.807, 2.05) is 7.05 Å². The van der Waals surface area contributed by atoms with Gasteiger partial charge in [0.1, 0.15) is 0 Å². The molecule has 3 rings (SSSR count). The third-order valence-electron chi connectivity index (χ3n) is 4.38. The van der Waals surface area contributed by atoms with Crippen molar-refractivity contribution in [3.8, 4) is 0 Å². The van der Waals surface area contributed by atoms with Crippen LogP contribution >= 0.6 is 39.9 Å². The second-order valence-electron chi connectivity index (χ2n) is 6.09. The van der Waals surface area contributed by atoms with Gasteiger partial charge in [0.05, 0.1) is 0 Å². The summed E-state index contributed by atoms with van der Waals surface area (Å²) in [6.07, 6.45) is 2.41. The Morgan fingerprint density at radius 2 is 1.95 bits per heavy atom. The van der Waals surface area contributed by atoms with E-state index in [9.17, 15) is 0 Å². The van der Waals surface area contributed by atoms with E-state index in [4.69, 9.17) is 0 Å². The summed E-state index contributed by atoms with van der Waals surface area (Å²) in [5.41, 5.74) is 1.29. The molecule has 122 valence electrons. The van der Waals surface area contributed by atoms with Crippen molar-refractivity contribution in [2.45, 2.75) is 31.8 Å². The maximum atomic E-state index is 4.35. The van der Waals surface area contributed by atoms with Crippen LogP contribution in [0.15, 0.2) is 33.7 Å². The maximum absolute atomic E-state index is 4.35. The van der Waals surface area contributed by atoms with Gasteiger partial charge >= 0.3 is 0 Å². The minimum absolute atomic E-state index is 0. The molecule has 4 nitrogen and oxygen atoms in total. The van der Waals surface area contributed by atoms with Crippen molar-refractivity contribution >= 4 is 51.6 Å². The lowest BCUT2D eigenvalue weighted by Gasteiger charge is -2.20. The van der Waals surface area contributed by atoms with Crippen molar-refractivity contribution in [1.82, 2.24) is 10.6 Å². The zero-order chi connectivity index (χ0) is 14.8. The molecule has 1 aromatic carbocycles. The highest BCUT2D eigenvalue weighted by Gasteiger charge is 2.34. The molecule has 1 aliphatic heterocycles. The number of anilines is 1. The number of aliphatic imine (C=N–C) groups is 1. The highest BCUT2D eigenvalue weighted by molar-refractivity contribution is 14.0. The van der Waals surface area contributed by atoms with Gasteiger partial charge in [0.15, 0.2) is 5.96 Å². The summed E-state index contributed by atoms with van der Waals surface area (Å²) in [7, 11) is 1.85. The van der Waals surface area contributed by atoms with Crippen molar-refractivity contribution < 1.29 is 0 Å². The number of rotatable bonds is 3. The van der Waals surface area contributed by atoms with E-state index in [1.54, 1.807) is 0 Å². The van der Waals surface area contributed by atoms with Crippen molar-refractivity contribution in [2.24, 2.45) is 10.9 Å². The van der Waals surface area contributed by atoms with E-state index < -0.39 is 0 Å². The zero-order valence-corrected chi connectivity index (χ0v) is 17.0. The van der Waals surface area contributed by atoms with E-state index >= 15 is 0 Å². The van der Waals surface area contributed by atoms with E-state index in [2.05, 4.69) is 67.6 Å². The molecule has 0 bridgehead atoms. The average molecular weight is 479 g/mol. The van der Waals surface area contributed by atoms with Gasteiger partial charge in [-0.15, -0.1) is 24.0 Å². The summed E-state index contributed by atoms with van der Waals surface area (Å²) in [6, 6.07) is 9.63. The van der Waals surface area contributed by atoms with Crippen molar-refractivity contribution in [2.75, 3.05) is 25.0 Å². The quantitative estimate of drug-likeness (QED) is 0.398. The average Bonchev–Trinajstić information content (AvgIpc) is 2.99. The van der Waals surface area contributed by atoms with Gasteiger partial charge in [0.25, 0.3) is 0 Å². The molecule has 0 aromatic heterocycles. The highest BCUT2D eigenvalue weighted by Crippen LogP contribution is 2.29. The molecule has 3 unspecified atom stereocenters. The molecule has 1 heterocycles. The summed E-state index contributed by atoms with van der Waals surface area (Å²) < 4.78 is 1.13. The van der Waals surface area contributed by atoms with Crippen LogP contribution in [0, 0.1) is 5.92 Å². The van der Waals surface area contributed by atoms with Crippen molar-refractivity contribution in [3.05, 3.63) is 28.7 Å². The van der Waals surface area contributed by atoms with E-state index in [0.717, 1.165) is 35.9 Å². The lowest BCUT2D eigenvalue weighted by Crippen LogP contribution is -2.45. The number of benzene rings is 1. The van der Waals surface area contributed by atoms with Crippen LogP contribution in [0.1, 0.15) is 19.8 Å². The normalized spacial score (nSPS) is 27.3. The first-order valence-corrected chi connectivity index (χ1v) is 8.45. The Kier molecular flexibility index (Phi) is 6.37. The first kappa shape index (κ1) is 17.8. The van der Waals surface area contributed by atoms with Crippen LogP contribution in [-0.2, 0) is 0 Å². The molecule has 1 aromatic rings. The lowest BCUT2D eigenvalue weighted by atomic mass is 10.3. The first-order valence-electron chi connectivity index (χ1n) is 7.66. The Hall–Kier alpha value is -0.500. The second-order valence-corrected chi connectivity index (χ2v) is 7.00. The molecule has 2 N–H and O–H groups in total. The standard InChI is InChI=1S/C16H23BrN4.HI/c1-11-9-15(11)20-16(18-2)19-13-7-8-21(10-13)14-5-3-12(17)4-6-14;/h3-6,11,13,15H,7-10H2,1-2H3,(H2,18,19,20);1H. The maximum Gasteiger partial charge on any atom is 0.191 e. The summed E-state index contributed by atoms with van der Waals surface area (Å²) in [4.78, 5) is 6.77. The predicted molar refractivity (Wildman–Crippen MR) is 107 cm³/mol. The summed E-state index contributed by atoms with van der Waals surface area (Å²) in [6.45, 7) is 4.40. The Morgan fingerprint density at radius 3 is 2.55 bits per heavy atom. The molecule has 0 amide bonds. The van der Waals surface area contributed by atoms with Crippen LogP contribution in [0.25, 0.3) is 0 Å². The van der Waals surface area contributed by atoms with Gasteiger partial charge in [-0.3, -0.25) is 4.99 Å². The molecule has 0 spiro atoms. The smallest absolute Gasteiger partial charge is 0.191 e. The number of hydrogen-bond acceptors (Lipinski definition) is 2. The minimum atomic E-state index is 0. The summed E-state index contributed by atoms with van der Waals surface area (Å²) >= 11 is 3.49. The van der Waals surface area contributed by atoms with Gasteiger partial charge in [-0.05, 0) is 43.0 Å². The third kappa shape index (κ3) is 4.50. The molecule has 1 saturated heterocycles. The molecule has 3 atom stereocenters. The fraction of sp³-hybridized carbons (Fsp3) is 0.562. The van der Waals surface area contributed by atoms with Crippen molar-refractivity contribution in [1.29, 1.82) is 0 Å². The Balaban J connectivity index is 0.00000176. The number of nitrogens with one attached hydrogen (secondary N) is 2. The largest absolute Gasteiger partial charge is 0.369 e. The molecule has 1 saturated carbocycles. The molecule has 6 heteroatoms. The first-order chi connectivity index (χ1) is 10.2. The molecule has 22 heavy (non-hydrogen) atoms. The van der Waals surface area contributed by atoms with Gasteiger partial charge < -0.3 is 15.5 Å². The van der Waals surface area contributed by atoms with Crippen LogP contribution in [0.3, 0.4) is 0 Å². The molecule has 1 aliphatic carbocycles. The summed E-state index contributed by atoms with van der Waals surface area (Å²) in [5, 5.41) is 7.05. The van der Waals surface area contributed by atoms with Crippen molar-refractivity contribution in [3.63, 3.8) is 0 Å². The number of hydrogen-bond donors (Lipinski definition) is 2. The molecule has 2 aliphatic rings. The van der Waals surface area contributed by atoms with Crippen LogP contribution in [-0.4, -0.2) is 38.2 Å². The van der Waals surface area contributed by atoms with Gasteiger partial charge in [-0.2, -0.15) is 0 Å². The monoisotopic (exact) mass is 478 g/mol. The van der Waals surface area contributed by atoms with E-state index in [1.165, 1.54) is 12.1 Å². The fourth-order valence-corrected chi connectivity index (χ4v) is 3.09. The van der Waals surface area contributed by atoms with Crippen LogP contribution < -0.4 is 15.5 Å². The molecule has 2 fully saturated rings. The Labute approximate surface area is 158 Å². The van der Waals surface area contributed by atoms with Gasteiger partial charge in [-0.1, -0.05) is 22.9 Å². The Bertz CT molecular complexity index is 519. The summed E-state index contributed by atoms with van der Waals surface area (Å²) in [5.74, 6) is 1.73. The van der Waals surface area contributed by atoms with Gasteiger partial charge in [-0.25, -0.2) is 0 Å². The molecular formula is C16H24BrIN4. The fourth-order valence-electron chi connectivity index (χ4n) is 2.83. The molecule has 0 radical (unpaired) electrons. The SMILES string of the molecule is CN=C(NC1CCN(c2ccc(Br)cc2)C1)NC1CC1C.I. The minimum Gasteiger partial charge on any atom is -0.369 e. The van der Waals surface area contributed by atoms with Crippen LogP contribution in [0.4, 0.5) is 5.69 Å². The van der Waals surface area contributed by atoms with Gasteiger partial charge in [0, 0.05) is 42.4 Å². The lowest BCUT2D eigenvalue weighted by molar-refractivity contribution is 0.643. The topological polar surface area (TPSA) is 39.7 Å². The zero-order valence-electron chi connectivity index (χ0n) is 13.1.